The fourth-order valence-electron chi connectivity index (χ4n) is 3.20. The van der Waals surface area contributed by atoms with Crippen molar-refractivity contribution in [3.63, 3.8) is 0 Å². The summed E-state index contributed by atoms with van der Waals surface area (Å²) in [6.07, 6.45) is 10.0. The molecule has 2 heterocycles. The van der Waals surface area contributed by atoms with Crippen molar-refractivity contribution >= 4 is 11.8 Å². The number of carbonyl (C=O) groups is 2. The van der Waals surface area contributed by atoms with Gasteiger partial charge in [-0.1, -0.05) is 25.3 Å². The lowest BCUT2D eigenvalue weighted by molar-refractivity contribution is 0.0879. The minimum absolute atomic E-state index is 0.00703. The van der Waals surface area contributed by atoms with Gasteiger partial charge in [-0.25, -0.2) is 0 Å². The lowest BCUT2D eigenvalue weighted by atomic mass is 9.96. The van der Waals surface area contributed by atoms with Gasteiger partial charge in [-0.05, 0) is 43.5 Å². The Hall–Kier alpha value is -2.63. The first-order valence-electron chi connectivity index (χ1n) is 9.30. The summed E-state index contributed by atoms with van der Waals surface area (Å²) >= 11 is 0. The molecule has 0 bridgehead atoms. The number of hydrogen-bond donors (Lipinski definition) is 1. The highest BCUT2D eigenvalue weighted by molar-refractivity contribution is 5.91. The molecular formula is C20H25N3O3. The summed E-state index contributed by atoms with van der Waals surface area (Å²) in [5.41, 5.74) is 0.726. The van der Waals surface area contributed by atoms with Crippen LogP contribution in [0, 0.1) is 0 Å². The molecule has 1 N–H and O–H groups in total. The maximum atomic E-state index is 12.6. The van der Waals surface area contributed by atoms with E-state index in [9.17, 15) is 9.59 Å². The van der Waals surface area contributed by atoms with Gasteiger partial charge >= 0.3 is 0 Å². The van der Waals surface area contributed by atoms with Gasteiger partial charge in [0.25, 0.3) is 5.91 Å². The van der Waals surface area contributed by atoms with Crippen molar-refractivity contribution in [1.82, 2.24) is 9.88 Å². The lowest BCUT2D eigenvalue weighted by Crippen LogP contribution is -2.30. The van der Waals surface area contributed by atoms with Gasteiger partial charge in [0.2, 0.25) is 5.91 Å². The van der Waals surface area contributed by atoms with Crippen LogP contribution in [-0.2, 0) is 0 Å². The van der Waals surface area contributed by atoms with Crippen molar-refractivity contribution in [2.45, 2.75) is 51.0 Å². The van der Waals surface area contributed by atoms with Crippen LogP contribution in [0.5, 0.6) is 0 Å². The monoisotopic (exact) mass is 355 g/mol. The normalized spacial score (nSPS) is 15.8. The van der Waals surface area contributed by atoms with Crippen LogP contribution in [0.15, 0.2) is 52.2 Å². The summed E-state index contributed by atoms with van der Waals surface area (Å²) < 4.78 is 6.66. The van der Waals surface area contributed by atoms with Gasteiger partial charge in [0, 0.05) is 19.2 Å². The summed E-state index contributed by atoms with van der Waals surface area (Å²) in [4.78, 5) is 29.1. The van der Waals surface area contributed by atoms with E-state index in [1.165, 1.54) is 25.5 Å². The van der Waals surface area contributed by atoms with Gasteiger partial charge in [-0.3, -0.25) is 19.1 Å². The molecule has 2 aromatic rings. The van der Waals surface area contributed by atoms with E-state index in [0.717, 1.165) is 18.3 Å². The first kappa shape index (κ1) is 18.2. The molecule has 0 saturated heterocycles. The molecule has 1 fully saturated rings. The van der Waals surface area contributed by atoms with Crippen molar-refractivity contribution in [3.8, 4) is 0 Å². The van der Waals surface area contributed by atoms with Crippen molar-refractivity contribution in [2.24, 2.45) is 4.99 Å². The second kappa shape index (κ2) is 9.17. The van der Waals surface area contributed by atoms with Crippen LogP contribution in [0.1, 0.15) is 60.3 Å². The molecule has 0 radical (unpaired) electrons. The summed E-state index contributed by atoms with van der Waals surface area (Å²) in [6, 6.07) is 9.25. The van der Waals surface area contributed by atoms with Crippen LogP contribution in [-0.4, -0.2) is 29.0 Å². The molecule has 6 heteroatoms. The van der Waals surface area contributed by atoms with Crippen LogP contribution in [0.2, 0.25) is 0 Å². The number of aromatic nitrogens is 1. The van der Waals surface area contributed by atoms with Gasteiger partial charge in [0.1, 0.15) is 5.49 Å². The molecule has 1 aliphatic carbocycles. The van der Waals surface area contributed by atoms with Gasteiger partial charge in [0.05, 0.1) is 12.3 Å². The lowest BCUT2D eigenvalue weighted by Gasteiger charge is -2.17. The largest absolute Gasteiger partial charge is 0.459 e. The third kappa shape index (κ3) is 4.94. The summed E-state index contributed by atoms with van der Waals surface area (Å²) in [6.45, 7) is 0.424. The number of amides is 1. The molecule has 2 aromatic heterocycles. The van der Waals surface area contributed by atoms with E-state index in [1.807, 2.05) is 18.2 Å². The van der Waals surface area contributed by atoms with Gasteiger partial charge in [0.15, 0.2) is 5.76 Å². The number of rotatable bonds is 6. The maximum absolute atomic E-state index is 12.6. The molecule has 1 amide bonds. The standard InChI is InChI=1S/C20H25N3O3/c24-19(12-6-13-21-20(25)17-10-7-15-26-17)23-14-5-4-11-18(23)22-16-8-2-1-3-9-16/h4-5,7,10-11,14-16H,1-3,6,8-9,12-13H2,(H,21,25). The number of furan rings is 1. The Morgan fingerprint density at radius 2 is 2.00 bits per heavy atom. The van der Waals surface area contributed by atoms with Crippen LogP contribution in [0.4, 0.5) is 0 Å². The summed E-state index contributed by atoms with van der Waals surface area (Å²) in [5, 5.41) is 2.75. The minimum atomic E-state index is -0.261. The van der Waals surface area contributed by atoms with Crippen LogP contribution < -0.4 is 10.8 Å². The predicted octanol–water partition coefficient (Wildman–Crippen LogP) is 3.16. The molecule has 6 nitrogen and oxygen atoms in total. The van der Waals surface area contributed by atoms with Crippen LogP contribution >= 0.6 is 0 Å². The van der Waals surface area contributed by atoms with E-state index in [1.54, 1.807) is 22.9 Å². The van der Waals surface area contributed by atoms with E-state index in [4.69, 9.17) is 9.41 Å². The Morgan fingerprint density at radius 1 is 1.15 bits per heavy atom. The van der Waals surface area contributed by atoms with Gasteiger partial charge in [-0.2, -0.15) is 0 Å². The maximum Gasteiger partial charge on any atom is 0.286 e. The Balaban J connectivity index is 1.54. The second-order valence-corrected chi connectivity index (χ2v) is 6.58. The Labute approximate surface area is 152 Å². The molecule has 0 unspecified atom stereocenters. The summed E-state index contributed by atoms with van der Waals surface area (Å²) in [7, 11) is 0. The number of nitrogens with zero attached hydrogens (tertiary/aromatic N) is 2. The minimum Gasteiger partial charge on any atom is -0.459 e. The summed E-state index contributed by atoms with van der Waals surface area (Å²) in [5.74, 6) is 0.0116. The Kier molecular flexibility index (Phi) is 6.41. The van der Waals surface area contributed by atoms with Gasteiger partial charge in [-0.15, -0.1) is 0 Å². The van der Waals surface area contributed by atoms with Crippen molar-refractivity contribution in [2.75, 3.05) is 6.54 Å². The third-order valence-electron chi connectivity index (χ3n) is 4.59. The van der Waals surface area contributed by atoms with E-state index in [-0.39, 0.29) is 17.6 Å². The Morgan fingerprint density at radius 3 is 2.77 bits per heavy atom. The molecule has 0 spiro atoms. The van der Waals surface area contributed by atoms with Crippen LogP contribution in [0.25, 0.3) is 0 Å². The van der Waals surface area contributed by atoms with Gasteiger partial charge < -0.3 is 9.73 Å². The molecule has 0 atom stereocenters. The highest BCUT2D eigenvalue weighted by atomic mass is 16.3. The number of pyridine rings is 1. The smallest absolute Gasteiger partial charge is 0.286 e. The van der Waals surface area contributed by atoms with E-state index >= 15 is 0 Å². The SMILES string of the molecule is O=C(NCCCC(=O)n1ccccc1=NC1CCCCC1)c1ccco1. The fraction of sp³-hybridized carbons (Fsp3) is 0.450. The molecule has 0 aromatic carbocycles. The highest BCUT2D eigenvalue weighted by Gasteiger charge is 2.13. The van der Waals surface area contributed by atoms with Crippen molar-refractivity contribution < 1.29 is 14.0 Å². The van der Waals surface area contributed by atoms with E-state index in [2.05, 4.69) is 5.32 Å². The number of nitrogens with one attached hydrogen (secondary N) is 1. The average molecular weight is 355 g/mol. The predicted molar refractivity (Wildman–Crippen MR) is 97.8 cm³/mol. The Bertz CT molecular complexity index is 787. The molecule has 1 aliphatic rings. The number of carbonyl (C=O) groups excluding carboxylic acids is 2. The average Bonchev–Trinajstić information content (AvgIpc) is 3.21. The molecular weight excluding hydrogens is 330 g/mol. The first-order valence-corrected chi connectivity index (χ1v) is 9.30. The third-order valence-corrected chi connectivity index (χ3v) is 4.59. The first-order chi connectivity index (χ1) is 12.7. The second-order valence-electron chi connectivity index (χ2n) is 6.58. The fourth-order valence-corrected chi connectivity index (χ4v) is 3.20. The molecule has 1 saturated carbocycles. The van der Waals surface area contributed by atoms with E-state index < -0.39 is 0 Å². The molecule has 3 rings (SSSR count). The highest BCUT2D eigenvalue weighted by Crippen LogP contribution is 2.19. The zero-order valence-electron chi connectivity index (χ0n) is 14.9. The topological polar surface area (TPSA) is 76.6 Å². The molecule has 0 aliphatic heterocycles. The molecule has 26 heavy (non-hydrogen) atoms. The van der Waals surface area contributed by atoms with Crippen molar-refractivity contribution in [3.05, 3.63) is 54.0 Å². The number of hydrogen-bond acceptors (Lipinski definition) is 4. The van der Waals surface area contributed by atoms with E-state index in [0.29, 0.717) is 25.4 Å². The zero-order chi connectivity index (χ0) is 18.2. The van der Waals surface area contributed by atoms with Crippen molar-refractivity contribution in [1.29, 1.82) is 0 Å². The van der Waals surface area contributed by atoms with Crippen LogP contribution in [0.3, 0.4) is 0 Å². The zero-order valence-corrected chi connectivity index (χ0v) is 14.9. The quantitative estimate of drug-likeness (QED) is 0.809. The molecule has 138 valence electrons.